The minimum atomic E-state index is -1.25. The van der Waals surface area contributed by atoms with Crippen LogP contribution in [-0.4, -0.2) is 59.4 Å². The van der Waals surface area contributed by atoms with Crippen molar-refractivity contribution in [1.29, 1.82) is 0 Å². The van der Waals surface area contributed by atoms with Gasteiger partial charge in [0.25, 0.3) is 0 Å². The van der Waals surface area contributed by atoms with Crippen LogP contribution in [0, 0.1) is 5.92 Å². The molecule has 1 rings (SSSR count). The Kier molecular flexibility index (Phi) is 11.6. The molecule has 0 spiro atoms. The highest BCUT2D eigenvalue weighted by Crippen LogP contribution is 2.06. The quantitative estimate of drug-likeness (QED) is 0.204. The molecule has 4 unspecified atom stereocenters. The van der Waals surface area contributed by atoms with Gasteiger partial charge >= 0.3 is 5.97 Å². The van der Waals surface area contributed by atoms with Crippen LogP contribution in [0.1, 0.15) is 38.7 Å². The molecule has 0 saturated carbocycles. The lowest BCUT2D eigenvalue weighted by Gasteiger charge is -2.22. The Balaban J connectivity index is 2.78. The first-order valence-corrected chi connectivity index (χ1v) is 10.7. The van der Waals surface area contributed by atoms with Crippen LogP contribution >= 0.6 is 0 Å². The lowest BCUT2D eigenvalue weighted by Crippen LogP contribution is -2.54. The van der Waals surface area contributed by atoms with Crippen molar-refractivity contribution in [2.45, 2.75) is 57.7 Å². The molecule has 11 nitrogen and oxygen atoms in total. The van der Waals surface area contributed by atoms with Gasteiger partial charge in [-0.15, -0.1) is 0 Å². The Hall–Kier alpha value is -3.47. The third kappa shape index (κ3) is 10.1. The van der Waals surface area contributed by atoms with E-state index in [0.29, 0.717) is 12.0 Å². The summed E-state index contributed by atoms with van der Waals surface area (Å²) >= 11 is 0. The number of benzene rings is 1. The van der Waals surface area contributed by atoms with E-state index < -0.39 is 54.3 Å². The van der Waals surface area contributed by atoms with Gasteiger partial charge in [-0.25, -0.2) is 4.79 Å². The summed E-state index contributed by atoms with van der Waals surface area (Å²) < 4.78 is 0. The standard InChI is InChI=1S/C22H33N5O6/c1-3-13(2)19(24)21(31)25-12-18(29)26-15(9-10-17(23)28)20(30)27-16(22(32)33)11-14-7-5-4-6-8-14/h4-8,13,15-16,19H,3,9-12,24H2,1-2H3,(H2,23,28)(H,25,31)(H,26,29)(H,27,30)(H,32,33). The van der Waals surface area contributed by atoms with Crippen LogP contribution in [0.15, 0.2) is 30.3 Å². The van der Waals surface area contributed by atoms with Crippen molar-refractivity contribution in [3.63, 3.8) is 0 Å². The third-order valence-corrected chi connectivity index (χ3v) is 5.21. The molecule has 0 saturated heterocycles. The van der Waals surface area contributed by atoms with E-state index in [4.69, 9.17) is 11.5 Å². The van der Waals surface area contributed by atoms with Gasteiger partial charge in [0.1, 0.15) is 12.1 Å². The maximum atomic E-state index is 12.7. The number of carboxylic acid groups (broad SMARTS) is 1. The first kappa shape index (κ1) is 27.6. The van der Waals surface area contributed by atoms with E-state index in [1.165, 1.54) is 0 Å². The molecule has 33 heavy (non-hydrogen) atoms. The van der Waals surface area contributed by atoms with Gasteiger partial charge < -0.3 is 32.5 Å². The Morgan fingerprint density at radius 3 is 2.18 bits per heavy atom. The van der Waals surface area contributed by atoms with Crippen LogP contribution in [0.3, 0.4) is 0 Å². The van der Waals surface area contributed by atoms with Gasteiger partial charge in [0.15, 0.2) is 0 Å². The lowest BCUT2D eigenvalue weighted by atomic mass is 9.99. The van der Waals surface area contributed by atoms with Gasteiger partial charge in [-0.3, -0.25) is 19.2 Å². The summed E-state index contributed by atoms with van der Waals surface area (Å²) in [6.45, 7) is 3.26. The molecule has 0 aromatic heterocycles. The van der Waals surface area contributed by atoms with E-state index in [-0.39, 0.29) is 25.2 Å². The summed E-state index contributed by atoms with van der Waals surface area (Å²) in [4.78, 5) is 59.9. The molecule has 4 amide bonds. The van der Waals surface area contributed by atoms with Crippen molar-refractivity contribution < 1.29 is 29.1 Å². The van der Waals surface area contributed by atoms with Crippen LogP contribution in [0.25, 0.3) is 0 Å². The van der Waals surface area contributed by atoms with E-state index in [0.717, 1.165) is 0 Å². The number of nitrogens with one attached hydrogen (secondary N) is 3. The molecule has 8 N–H and O–H groups in total. The molecular weight excluding hydrogens is 430 g/mol. The number of aliphatic carboxylic acids is 1. The molecule has 0 heterocycles. The lowest BCUT2D eigenvalue weighted by molar-refractivity contribution is -0.142. The Labute approximate surface area is 192 Å². The number of carboxylic acids is 1. The van der Waals surface area contributed by atoms with Crippen molar-refractivity contribution in [3.8, 4) is 0 Å². The highest BCUT2D eigenvalue weighted by atomic mass is 16.4. The first-order valence-electron chi connectivity index (χ1n) is 10.7. The molecule has 0 radical (unpaired) electrons. The molecular formula is C22H33N5O6. The summed E-state index contributed by atoms with van der Waals surface area (Å²) in [6.07, 6.45) is 0.372. The van der Waals surface area contributed by atoms with Crippen LogP contribution in [0.4, 0.5) is 0 Å². The molecule has 4 atom stereocenters. The Morgan fingerprint density at radius 2 is 1.64 bits per heavy atom. The number of amides is 4. The molecule has 11 heteroatoms. The number of carbonyl (C=O) groups is 5. The smallest absolute Gasteiger partial charge is 0.326 e. The van der Waals surface area contributed by atoms with Gasteiger partial charge in [0.2, 0.25) is 23.6 Å². The zero-order chi connectivity index (χ0) is 25.0. The average Bonchev–Trinajstić information content (AvgIpc) is 2.78. The van der Waals surface area contributed by atoms with E-state index in [2.05, 4.69) is 16.0 Å². The van der Waals surface area contributed by atoms with E-state index in [9.17, 15) is 29.1 Å². The largest absolute Gasteiger partial charge is 0.480 e. The third-order valence-electron chi connectivity index (χ3n) is 5.21. The van der Waals surface area contributed by atoms with Gasteiger partial charge in [-0.1, -0.05) is 50.6 Å². The SMILES string of the molecule is CCC(C)C(N)C(=O)NCC(=O)NC(CCC(N)=O)C(=O)NC(Cc1ccccc1)C(=O)O. The van der Waals surface area contributed by atoms with Crippen molar-refractivity contribution in [1.82, 2.24) is 16.0 Å². The second-order valence-corrected chi connectivity index (χ2v) is 7.84. The second kappa shape index (κ2) is 13.8. The van der Waals surface area contributed by atoms with Crippen molar-refractivity contribution >= 4 is 29.6 Å². The normalized spacial score (nSPS) is 14.3. The number of primary amides is 1. The van der Waals surface area contributed by atoms with E-state index in [1.807, 2.05) is 13.8 Å². The maximum absolute atomic E-state index is 12.7. The fourth-order valence-electron chi connectivity index (χ4n) is 2.92. The van der Waals surface area contributed by atoms with Gasteiger partial charge in [0, 0.05) is 12.8 Å². The fourth-order valence-corrected chi connectivity index (χ4v) is 2.92. The minimum absolute atomic E-state index is 0.0297. The van der Waals surface area contributed by atoms with Crippen molar-refractivity contribution in [2.24, 2.45) is 17.4 Å². The fraction of sp³-hybridized carbons (Fsp3) is 0.500. The number of hydrogen-bond acceptors (Lipinski definition) is 6. The van der Waals surface area contributed by atoms with Crippen molar-refractivity contribution in [3.05, 3.63) is 35.9 Å². The molecule has 0 aliphatic heterocycles. The van der Waals surface area contributed by atoms with E-state index in [1.54, 1.807) is 30.3 Å². The molecule has 0 aliphatic carbocycles. The molecule has 0 bridgehead atoms. The summed E-state index contributed by atoms with van der Waals surface area (Å²) in [5.74, 6) is -4.01. The van der Waals surface area contributed by atoms with Crippen LogP contribution < -0.4 is 27.4 Å². The predicted octanol–water partition coefficient (Wildman–Crippen LogP) is -0.962. The molecule has 1 aromatic rings. The highest BCUT2D eigenvalue weighted by Gasteiger charge is 2.27. The van der Waals surface area contributed by atoms with Crippen LogP contribution in [0.2, 0.25) is 0 Å². The zero-order valence-electron chi connectivity index (χ0n) is 18.9. The Morgan fingerprint density at radius 1 is 1.00 bits per heavy atom. The maximum Gasteiger partial charge on any atom is 0.326 e. The van der Waals surface area contributed by atoms with Gasteiger partial charge in [0.05, 0.1) is 12.6 Å². The molecule has 0 fully saturated rings. The zero-order valence-corrected chi connectivity index (χ0v) is 18.9. The summed E-state index contributed by atoms with van der Waals surface area (Å²) in [6, 6.07) is 5.46. The first-order chi connectivity index (χ1) is 15.5. The van der Waals surface area contributed by atoms with Gasteiger partial charge in [-0.05, 0) is 17.9 Å². The topological polar surface area (TPSA) is 194 Å². The molecule has 182 valence electrons. The molecule has 1 aromatic carbocycles. The Bertz CT molecular complexity index is 832. The van der Waals surface area contributed by atoms with Crippen molar-refractivity contribution in [2.75, 3.05) is 6.54 Å². The van der Waals surface area contributed by atoms with Crippen LogP contribution in [-0.2, 0) is 30.4 Å². The number of carbonyl (C=O) groups excluding carboxylic acids is 4. The predicted molar refractivity (Wildman–Crippen MR) is 121 cm³/mol. The number of rotatable bonds is 14. The van der Waals surface area contributed by atoms with Crippen LogP contribution in [0.5, 0.6) is 0 Å². The number of hydrogen-bond donors (Lipinski definition) is 6. The second-order valence-electron chi connectivity index (χ2n) is 7.84. The van der Waals surface area contributed by atoms with Gasteiger partial charge in [-0.2, -0.15) is 0 Å². The average molecular weight is 464 g/mol. The summed E-state index contributed by atoms with van der Waals surface area (Å²) in [7, 11) is 0. The minimum Gasteiger partial charge on any atom is -0.480 e. The summed E-state index contributed by atoms with van der Waals surface area (Å²) in [5.41, 5.74) is 11.7. The summed E-state index contributed by atoms with van der Waals surface area (Å²) in [5, 5.41) is 16.7. The molecule has 0 aliphatic rings. The monoisotopic (exact) mass is 463 g/mol. The highest BCUT2D eigenvalue weighted by molar-refractivity contribution is 5.93. The van der Waals surface area contributed by atoms with E-state index >= 15 is 0 Å². The number of nitrogens with two attached hydrogens (primary N) is 2.